The van der Waals surface area contributed by atoms with Crippen molar-refractivity contribution in [3.8, 4) is 0 Å². The molecule has 1 N–H and O–H groups in total. The molecule has 0 amide bonds. The van der Waals surface area contributed by atoms with Gasteiger partial charge >= 0.3 is 11.9 Å². The number of carbonyl (C=O) groups excluding carboxylic acids is 3. The summed E-state index contributed by atoms with van der Waals surface area (Å²) in [5, 5.41) is 7.00. The number of ether oxygens (including phenoxy) is 6. The van der Waals surface area contributed by atoms with Gasteiger partial charge in [0.2, 0.25) is 0 Å². The van der Waals surface area contributed by atoms with Crippen molar-refractivity contribution in [3.63, 3.8) is 0 Å². The van der Waals surface area contributed by atoms with Gasteiger partial charge in [0, 0.05) is 59.3 Å². The number of aldehydes is 1. The van der Waals surface area contributed by atoms with Crippen LogP contribution in [0.25, 0.3) is 0 Å². The molecule has 0 aliphatic heterocycles. The van der Waals surface area contributed by atoms with Crippen molar-refractivity contribution >= 4 is 18.2 Å². The Kier molecular flexibility index (Phi) is 53.1. The van der Waals surface area contributed by atoms with Crippen molar-refractivity contribution in [2.24, 2.45) is 0 Å². The zero-order valence-electron chi connectivity index (χ0n) is 40.6. The first-order chi connectivity index (χ1) is 30.0. The van der Waals surface area contributed by atoms with Gasteiger partial charge in [-0.1, -0.05) is 143 Å². The monoisotopic (exact) mass is 874 g/mol. The van der Waals surface area contributed by atoms with Crippen LogP contribution in [0.2, 0.25) is 0 Å². The third kappa shape index (κ3) is 47.7. The van der Waals surface area contributed by atoms with Crippen LogP contribution in [0.3, 0.4) is 0 Å². The second-order valence-corrected chi connectivity index (χ2v) is 16.6. The Hall–Kier alpha value is -1.63. The first-order valence-corrected chi connectivity index (χ1v) is 25.3. The van der Waals surface area contributed by atoms with Crippen molar-refractivity contribution in [2.75, 3.05) is 79.6 Å². The lowest BCUT2D eigenvalue weighted by atomic mass is 10.1. The molecule has 0 aliphatic carbocycles. The molecule has 0 aromatic heterocycles. The molecule has 11 heteroatoms. The predicted molar refractivity (Wildman–Crippen MR) is 250 cm³/mol. The molecule has 0 aromatic rings. The highest BCUT2D eigenvalue weighted by Gasteiger charge is 2.17. The van der Waals surface area contributed by atoms with Crippen molar-refractivity contribution < 1.29 is 47.9 Å². The van der Waals surface area contributed by atoms with Crippen LogP contribution in [-0.2, 0) is 42.8 Å². The highest BCUT2D eigenvalue weighted by Crippen LogP contribution is 2.13. The van der Waals surface area contributed by atoms with Gasteiger partial charge < -0.3 is 43.2 Å². The van der Waals surface area contributed by atoms with E-state index in [1.54, 1.807) is 0 Å². The fraction of sp³-hybridized carbons (Fsp3) is 0.940. The molecule has 0 unspecified atom stereocenters. The number of carbonyl (C=O) groups is 3. The highest BCUT2D eigenvalue weighted by atomic mass is 16.6. The molecule has 0 spiro atoms. The number of esters is 2. The molecule has 0 bridgehead atoms. The smallest absolute Gasteiger partial charge is 0.306 e. The van der Waals surface area contributed by atoms with Crippen LogP contribution in [0.1, 0.15) is 214 Å². The Morgan fingerprint density at radius 1 is 0.426 bits per heavy atom. The van der Waals surface area contributed by atoms with Crippen LogP contribution >= 0.6 is 0 Å². The van der Waals surface area contributed by atoms with Crippen LogP contribution in [0.5, 0.6) is 0 Å². The molecule has 0 rings (SSSR count). The van der Waals surface area contributed by atoms with Gasteiger partial charge in [0.05, 0.1) is 26.4 Å². The summed E-state index contributed by atoms with van der Waals surface area (Å²) in [5.41, 5.74) is 0. The second-order valence-electron chi connectivity index (χ2n) is 16.6. The van der Waals surface area contributed by atoms with E-state index in [4.69, 9.17) is 33.5 Å². The fourth-order valence-corrected chi connectivity index (χ4v) is 6.95. The molecule has 0 heterocycles. The van der Waals surface area contributed by atoms with Crippen LogP contribution in [0.15, 0.2) is 0 Å². The molecule has 0 atom stereocenters. The standard InChI is InChI=1S/C49H95NO9.CH4O/c1-5-9-13-27-38-54-42-46(43-55-39-28-14-10-6-2)58-48(52)32-23-19-17-21-25-34-50(36-31-37-51)35-26-22-18-20-24-33-49(53)59-47(44-56-40-29-15-11-7-3)45-57-41-30-16-12-8-4;1-2/h37,46-47H,5-36,38-45H2,1-4H3;2H,1H3. The van der Waals surface area contributed by atoms with E-state index in [1.807, 2.05) is 0 Å². The molecular weight excluding hydrogens is 775 g/mol. The van der Waals surface area contributed by atoms with E-state index in [1.165, 1.54) is 77.0 Å². The van der Waals surface area contributed by atoms with Gasteiger partial charge in [0.1, 0.15) is 18.5 Å². The highest BCUT2D eigenvalue weighted by molar-refractivity contribution is 5.69. The first kappa shape index (κ1) is 61.5. The zero-order valence-corrected chi connectivity index (χ0v) is 40.6. The minimum atomic E-state index is -0.343. The SMILES string of the molecule is CCCCCCOCC(COCCCCCC)OC(=O)CCCCCCCN(CCC=O)CCCCCCCC(=O)OC(COCCCCCC)COCCCCCC.CO. The van der Waals surface area contributed by atoms with Crippen LogP contribution < -0.4 is 0 Å². The number of rotatable bonds is 49. The number of aliphatic hydroxyl groups is 1. The number of nitrogens with zero attached hydrogens (tertiary/aromatic N) is 1. The average Bonchev–Trinajstić information content (AvgIpc) is 3.26. The summed E-state index contributed by atoms with van der Waals surface area (Å²) >= 11 is 0. The Bertz CT molecular complexity index is 798. The lowest BCUT2D eigenvalue weighted by molar-refractivity contribution is -0.157. The van der Waals surface area contributed by atoms with Gasteiger partial charge in [-0.2, -0.15) is 0 Å². The summed E-state index contributed by atoms with van der Waals surface area (Å²) < 4.78 is 35.0. The maximum atomic E-state index is 12.7. The molecule has 0 saturated carbocycles. The molecule has 0 aliphatic rings. The minimum absolute atomic E-state index is 0.157. The summed E-state index contributed by atoms with van der Waals surface area (Å²) in [4.78, 5) is 38.9. The van der Waals surface area contributed by atoms with Gasteiger partial charge in [0.15, 0.2) is 0 Å². The van der Waals surface area contributed by atoms with Crippen molar-refractivity contribution in [2.45, 2.75) is 226 Å². The van der Waals surface area contributed by atoms with Crippen LogP contribution in [-0.4, -0.2) is 120 Å². The largest absolute Gasteiger partial charge is 0.457 e. The van der Waals surface area contributed by atoms with E-state index in [9.17, 15) is 14.4 Å². The van der Waals surface area contributed by atoms with Crippen LogP contribution in [0.4, 0.5) is 0 Å². The zero-order chi connectivity index (χ0) is 45.1. The van der Waals surface area contributed by atoms with Gasteiger partial charge in [-0.15, -0.1) is 0 Å². The van der Waals surface area contributed by atoms with Gasteiger partial charge in [-0.3, -0.25) is 9.59 Å². The maximum Gasteiger partial charge on any atom is 0.306 e. The van der Waals surface area contributed by atoms with E-state index in [0.29, 0.717) is 72.1 Å². The third-order valence-corrected chi connectivity index (χ3v) is 10.7. The lowest BCUT2D eigenvalue weighted by Gasteiger charge is -2.21. The van der Waals surface area contributed by atoms with E-state index >= 15 is 0 Å². The Labute approximate surface area is 375 Å². The van der Waals surface area contributed by atoms with E-state index in [0.717, 1.165) is 123 Å². The molecule has 11 nitrogen and oxygen atoms in total. The van der Waals surface area contributed by atoms with Crippen molar-refractivity contribution in [1.29, 1.82) is 0 Å². The summed E-state index contributed by atoms with van der Waals surface area (Å²) in [6.07, 6.45) is 30.5. The van der Waals surface area contributed by atoms with Crippen molar-refractivity contribution in [1.82, 2.24) is 4.90 Å². The molecule has 61 heavy (non-hydrogen) atoms. The Morgan fingerprint density at radius 3 is 1.03 bits per heavy atom. The Balaban J connectivity index is 0. The quantitative estimate of drug-likeness (QED) is 0.0356. The predicted octanol–water partition coefficient (Wildman–Crippen LogP) is 11.4. The van der Waals surface area contributed by atoms with Crippen molar-refractivity contribution in [3.05, 3.63) is 0 Å². The maximum absolute atomic E-state index is 12.7. The van der Waals surface area contributed by atoms with Gasteiger partial charge in [-0.25, -0.2) is 0 Å². The number of hydrogen-bond donors (Lipinski definition) is 1. The average molecular weight is 874 g/mol. The van der Waals surface area contributed by atoms with E-state index in [-0.39, 0.29) is 24.1 Å². The normalized spacial score (nSPS) is 11.4. The summed E-state index contributed by atoms with van der Waals surface area (Å²) in [6, 6.07) is 0. The summed E-state index contributed by atoms with van der Waals surface area (Å²) in [6.45, 7) is 16.0. The second kappa shape index (κ2) is 52.7. The third-order valence-electron chi connectivity index (χ3n) is 10.7. The lowest BCUT2D eigenvalue weighted by Crippen LogP contribution is -2.29. The Morgan fingerprint density at radius 2 is 0.721 bits per heavy atom. The topological polar surface area (TPSA) is 130 Å². The molecule has 0 fully saturated rings. The number of unbranched alkanes of at least 4 members (excludes halogenated alkanes) is 20. The van der Waals surface area contributed by atoms with Crippen LogP contribution in [0, 0.1) is 0 Å². The fourth-order valence-electron chi connectivity index (χ4n) is 6.95. The summed E-state index contributed by atoms with van der Waals surface area (Å²) in [7, 11) is 1.00. The molecule has 364 valence electrons. The number of aliphatic hydroxyl groups excluding tert-OH is 1. The molecule has 0 saturated heterocycles. The van der Waals surface area contributed by atoms with Gasteiger partial charge in [-0.05, 0) is 64.5 Å². The first-order valence-electron chi connectivity index (χ1n) is 25.3. The van der Waals surface area contributed by atoms with E-state index in [2.05, 4.69) is 32.6 Å². The summed E-state index contributed by atoms with van der Waals surface area (Å²) in [5.74, 6) is -0.314. The minimum Gasteiger partial charge on any atom is -0.457 e. The van der Waals surface area contributed by atoms with Gasteiger partial charge in [0.25, 0.3) is 0 Å². The molecule has 0 radical (unpaired) electrons. The molecule has 0 aromatic carbocycles. The molecular formula is C50H99NO10. The van der Waals surface area contributed by atoms with E-state index < -0.39 is 0 Å². The number of hydrogen-bond acceptors (Lipinski definition) is 11.